The lowest BCUT2D eigenvalue weighted by Gasteiger charge is -2.44. The molecule has 102 valence electrons. The summed E-state index contributed by atoms with van der Waals surface area (Å²) in [6.45, 7) is 3.07. The van der Waals surface area contributed by atoms with Crippen molar-refractivity contribution in [2.75, 3.05) is 26.7 Å². The summed E-state index contributed by atoms with van der Waals surface area (Å²) >= 11 is 0. The molecule has 1 aliphatic heterocycles. The molecule has 0 aliphatic carbocycles. The minimum Gasteiger partial charge on any atom is -0.303 e. The molecule has 1 saturated heterocycles. The molecule has 0 unspecified atom stereocenters. The molecule has 1 aliphatic rings. The summed E-state index contributed by atoms with van der Waals surface area (Å²) in [6.07, 6.45) is -5.48. The smallest absolute Gasteiger partial charge is 0.303 e. The van der Waals surface area contributed by atoms with Crippen LogP contribution in [0.25, 0.3) is 0 Å². The van der Waals surface area contributed by atoms with E-state index in [1.54, 1.807) is 13.8 Å². The van der Waals surface area contributed by atoms with Crippen LogP contribution < -0.4 is 0 Å². The highest BCUT2D eigenvalue weighted by Gasteiger charge is 2.58. The number of piperazine rings is 1. The molecule has 0 spiro atoms. The van der Waals surface area contributed by atoms with E-state index in [0.717, 1.165) is 0 Å². The van der Waals surface area contributed by atoms with Gasteiger partial charge in [0.15, 0.2) is 0 Å². The van der Waals surface area contributed by atoms with Gasteiger partial charge in [-0.1, -0.05) is 0 Å². The molecule has 0 N–H and O–H groups in total. The third-order valence-electron chi connectivity index (χ3n) is 3.08. The van der Waals surface area contributed by atoms with Crippen LogP contribution in [0, 0.1) is 0 Å². The average molecular weight is 260 g/mol. The van der Waals surface area contributed by atoms with E-state index in [-0.39, 0.29) is 12.1 Å². The molecular formula is C10H17F5N2. The Balaban J connectivity index is 2.74. The van der Waals surface area contributed by atoms with Crippen molar-refractivity contribution >= 4 is 0 Å². The number of nitrogens with zero attached hydrogens (tertiary/aromatic N) is 2. The first-order valence-electron chi connectivity index (χ1n) is 5.43. The zero-order valence-corrected chi connectivity index (χ0v) is 10.1. The van der Waals surface area contributed by atoms with Gasteiger partial charge < -0.3 is 4.90 Å². The van der Waals surface area contributed by atoms with Crippen LogP contribution in [0.4, 0.5) is 22.0 Å². The van der Waals surface area contributed by atoms with Crippen molar-refractivity contribution in [2.45, 2.75) is 38.0 Å². The third kappa shape index (κ3) is 3.28. The molecule has 0 saturated carbocycles. The number of hydrogen-bond acceptors (Lipinski definition) is 2. The van der Waals surface area contributed by atoms with Gasteiger partial charge in [-0.05, 0) is 20.9 Å². The number of hydrogen-bond donors (Lipinski definition) is 0. The van der Waals surface area contributed by atoms with E-state index in [9.17, 15) is 22.0 Å². The molecule has 1 rings (SSSR count). The highest BCUT2D eigenvalue weighted by atomic mass is 19.4. The first kappa shape index (κ1) is 14.6. The lowest BCUT2D eigenvalue weighted by atomic mass is 10.1. The van der Waals surface area contributed by atoms with Crippen molar-refractivity contribution < 1.29 is 22.0 Å². The zero-order valence-electron chi connectivity index (χ0n) is 10.1. The van der Waals surface area contributed by atoms with Gasteiger partial charge in [0, 0.05) is 25.2 Å². The van der Waals surface area contributed by atoms with Gasteiger partial charge in [0.2, 0.25) is 0 Å². The summed E-state index contributed by atoms with van der Waals surface area (Å²) in [7, 11) is 1.83. The first-order chi connectivity index (χ1) is 7.54. The normalized spacial score (nSPS) is 29.6. The number of alkyl halides is 5. The first-order valence-corrected chi connectivity index (χ1v) is 5.43. The molecule has 0 bridgehead atoms. The van der Waals surface area contributed by atoms with Crippen LogP contribution in [0.5, 0.6) is 0 Å². The molecule has 17 heavy (non-hydrogen) atoms. The summed E-state index contributed by atoms with van der Waals surface area (Å²) in [4.78, 5) is 3.16. The van der Waals surface area contributed by atoms with E-state index in [4.69, 9.17) is 0 Å². The maximum absolute atomic E-state index is 13.0. The SMILES string of the molecule is C[C@@H]1CN(C)C[C@H](C)N1CC(F)(F)C(F)(F)F. The van der Waals surface area contributed by atoms with Gasteiger partial charge in [-0.3, -0.25) is 4.90 Å². The van der Waals surface area contributed by atoms with Crippen molar-refractivity contribution in [3.8, 4) is 0 Å². The lowest BCUT2D eigenvalue weighted by molar-refractivity contribution is -0.290. The minimum absolute atomic E-state index is 0.308. The van der Waals surface area contributed by atoms with Gasteiger partial charge in [0.05, 0.1) is 6.54 Å². The van der Waals surface area contributed by atoms with Crippen molar-refractivity contribution in [3.63, 3.8) is 0 Å². The van der Waals surface area contributed by atoms with E-state index >= 15 is 0 Å². The van der Waals surface area contributed by atoms with Gasteiger partial charge in [-0.15, -0.1) is 0 Å². The molecule has 2 atom stereocenters. The van der Waals surface area contributed by atoms with E-state index in [1.165, 1.54) is 4.90 Å². The lowest BCUT2D eigenvalue weighted by Crippen LogP contribution is -2.60. The van der Waals surface area contributed by atoms with Crippen molar-refractivity contribution in [1.29, 1.82) is 0 Å². The van der Waals surface area contributed by atoms with E-state index in [1.807, 2.05) is 11.9 Å². The van der Waals surface area contributed by atoms with E-state index < -0.39 is 18.6 Å². The molecule has 0 aromatic rings. The molecule has 1 fully saturated rings. The largest absolute Gasteiger partial charge is 0.454 e. The Morgan fingerprint density at radius 1 is 1.00 bits per heavy atom. The van der Waals surface area contributed by atoms with Crippen molar-refractivity contribution in [2.24, 2.45) is 0 Å². The average Bonchev–Trinajstić information content (AvgIpc) is 2.09. The molecule has 7 heteroatoms. The van der Waals surface area contributed by atoms with Crippen LogP contribution in [0.15, 0.2) is 0 Å². The minimum atomic E-state index is -5.48. The van der Waals surface area contributed by atoms with Gasteiger partial charge in [-0.25, -0.2) is 0 Å². The second kappa shape index (κ2) is 4.68. The summed E-state index contributed by atoms with van der Waals surface area (Å²) in [5.74, 6) is -4.65. The summed E-state index contributed by atoms with van der Waals surface area (Å²) < 4.78 is 62.4. The van der Waals surface area contributed by atoms with Crippen LogP contribution >= 0.6 is 0 Å². The monoisotopic (exact) mass is 260 g/mol. The van der Waals surface area contributed by atoms with Crippen LogP contribution in [-0.4, -0.2) is 60.7 Å². The number of halogens is 5. The molecule has 1 heterocycles. The quantitative estimate of drug-likeness (QED) is 0.702. The Hall–Kier alpha value is -0.430. The highest BCUT2D eigenvalue weighted by molar-refractivity contribution is 4.89. The Bertz CT molecular complexity index is 254. The molecule has 0 amide bonds. The second-order valence-electron chi connectivity index (χ2n) is 4.79. The van der Waals surface area contributed by atoms with Crippen LogP contribution in [0.2, 0.25) is 0 Å². The van der Waals surface area contributed by atoms with Crippen LogP contribution in [0.1, 0.15) is 13.8 Å². The number of rotatable bonds is 2. The molecule has 2 nitrogen and oxygen atoms in total. The molecule has 0 aromatic heterocycles. The molecular weight excluding hydrogens is 243 g/mol. The van der Waals surface area contributed by atoms with Gasteiger partial charge >= 0.3 is 12.1 Å². The van der Waals surface area contributed by atoms with Crippen molar-refractivity contribution in [1.82, 2.24) is 9.80 Å². The summed E-state index contributed by atoms with van der Waals surface area (Å²) in [6, 6.07) is -0.617. The van der Waals surface area contributed by atoms with Gasteiger partial charge in [0.25, 0.3) is 0 Å². The summed E-state index contributed by atoms with van der Waals surface area (Å²) in [5.41, 5.74) is 0. The van der Waals surface area contributed by atoms with Crippen LogP contribution in [0.3, 0.4) is 0 Å². The standard InChI is InChI=1S/C10H17F5N2/c1-7-4-16(3)5-8(2)17(7)6-9(11,12)10(13,14)15/h7-8H,4-6H2,1-3H3/t7-,8+. The number of likely N-dealkylation sites (N-methyl/N-ethyl adjacent to an activating group) is 1. The predicted octanol–water partition coefficient (Wildman–Crippen LogP) is 2.21. The van der Waals surface area contributed by atoms with Gasteiger partial charge in [0.1, 0.15) is 0 Å². The fourth-order valence-electron chi connectivity index (χ4n) is 2.25. The Morgan fingerprint density at radius 2 is 1.41 bits per heavy atom. The fraction of sp³-hybridized carbons (Fsp3) is 1.00. The fourth-order valence-corrected chi connectivity index (χ4v) is 2.25. The zero-order chi connectivity index (χ0) is 13.4. The maximum Gasteiger partial charge on any atom is 0.454 e. The van der Waals surface area contributed by atoms with E-state index in [0.29, 0.717) is 13.1 Å². The second-order valence-corrected chi connectivity index (χ2v) is 4.79. The molecule has 0 radical (unpaired) electrons. The molecule has 0 aromatic carbocycles. The Morgan fingerprint density at radius 3 is 1.76 bits per heavy atom. The summed E-state index contributed by atoms with van der Waals surface area (Å²) in [5, 5.41) is 0. The van der Waals surface area contributed by atoms with Crippen molar-refractivity contribution in [3.05, 3.63) is 0 Å². The predicted molar refractivity (Wildman–Crippen MR) is 54.1 cm³/mol. The third-order valence-corrected chi connectivity index (χ3v) is 3.08. The topological polar surface area (TPSA) is 6.48 Å². The van der Waals surface area contributed by atoms with E-state index in [2.05, 4.69) is 0 Å². The maximum atomic E-state index is 13.0. The Kier molecular flexibility index (Phi) is 4.03. The Labute approximate surface area is 97.4 Å². The van der Waals surface area contributed by atoms with Gasteiger partial charge in [-0.2, -0.15) is 22.0 Å². The van der Waals surface area contributed by atoms with Crippen LogP contribution in [-0.2, 0) is 0 Å². The highest BCUT2D eigenvalue weighted by Crippen LogP contribution is 2.37.